The predicted molar refractivity (Wildman–Crippen MR) is 121 cm³/mol. The Kier molecular flexibility index (Phi) is 6.46. The molecule has 2 heterocycles. The zero-order chi connectivity index (χ0) is 20.1. The summed E-state index contributed by atoms with van der Waals surface area (Å²) in [7, 11) is 0. The number of H-pyrrole nitrogens is 1. The van der Waals surface area contributed by atoms with E-state index >= 15 is 0 Å². The van der Waals surface area contributed by atoms with Crippen LogP contribution in [0.3, 0.4) is 0 Å². The number of aromatic amines is 1. The summed E-state index contributed by atoms with van der Waals surface area (Å²) >= 11 is 3.52. The maximum Gasteiger partial charge on any atom is 0.246 e. The number of hydrogen-bond donors (Lipinski definition) is 2. The summed E-state index contributed by atoms with van der Waals surface area (Å²) in [5, 5.41) is 6.94. The van der Waals surface area contributed by atoms with Gasteiger partial charge in [-0.2, -0.15) is 4.98 Å². The Morgan fingerprint density at radius 2 is 1.76 bits per heavy atom. The third-order valence-corrected chi connectivity index (χ3v) is 6.11. The molecule has 0 atom stereocenters. The topological polar surface area (TPSA) is 74.1 Å². The highest BCUT2D eigenvalue weighted by atomic mass is 79.9. The van der Waals surface area contributed by atoms with E-state index in [9.17, 15) is 0 Å². The molecule has 29 heavy (non-hydrogen) atoms. The Morgan fingerprint density at radius 3 is 2.41 bits per heavy atom. The SMILES string of the molecule is Nc1nc(N2CCC(N(CCc3ccc(Br)cc3)Cc3ccccc3)CC2)n[nH]1. The fourth-order valence-electron chi connectivity index (χ4n) is 3.97. The zero-order valence-corrected chi connectivity index (χ0v) is 18.1. The van der Waals surface area contributed by atoms with Gasteiger partial charge in [-0.3, -0.25) is 4.90 Å². The summed E-state index contributed by atoms with van der Waals surface area (Å²) in [4.78, 5) is 9.14. The van der Waals surface area contributed by atoms with Crippen LogP contribution >= 0.6 is 15.9 Å². The van der Waals surface area contributed by atoms with E-state index in [0.717, 1.165) is 49.9 Å². The minimum absolute atomic E-state index is 0.377. The van der Waals surface area contributed by atoms with Crippen molar-refractivity contribution in [1.82, 2.24) is 20.1 Å². The second-order valence-electron chi connectivity index (χ2n) is 7.57. The molecule has 7 heteroatoms. The van der Waals surface area contributed by atoms with Crippen LogP contribution < -0.4 is 10.6 Å². The van der Waals surface area contributed by atoms with E-state index in [1.54, 1.807) is 0 Å². The first kappa shape index (κ1) is 19.9. The summed E-state index contributed by atoms with van der Waals surface area (Å²) in [6, 6.07) is 20.0. The zero-order valence-electron chi connectivity index (χ0n) is 16.5. The average molecular weight is 455 g/mol. The lowest BCUT2D eigenvalue weighted by atomic mass is 10.0. The van der Waals surface area contributed by atoms with Crippen molar-refractivity contribution in [1.29, 1.82) is 0 Å². The third kappa shape index (κ3) is 5.36. The number of nitrogens with zero attached hydrogens (tertiary/aromatic N) is 4. The van der Waals surface area contributed by atoms with Crippen molar-refractivity contribution in [3.05, 3.63) is 70.2 Å². The van der Waals surface area contributed by atoms with Gasteiger partial charge in [-0.1, -0.05) is 58.4 Å². The van der Waals surface area contributed by atoms with E-state index in [2.05, 4.69) is 95.5 Å². The molecule has 1 aromatic heterocycles. The molecule has 0 saturated carbocycles. The molecule has 0 amide bonds. The molecule has 3 aromatic rings. The molecular weight excluding hydrogens is 428 g/mol. The number of halogens is 1. The number of nitrogens with two attached hydrogens (primary N) is 1. The van der Waals surface area contributed by atoms with Crippen LogP contribution in [-0.2, 0) is 13.0 Å². The lowest BCUT2D eigenvalue weighted by molar-refractivity contribution is 0.162. The van der Waals surface area contributed by atoms with E-state index in [1.807, 2.05) is 0 Å². The standard InChI is InChI=1S/C22H27BrN6/c23-19-8-6-17(7-9-19)10-13-29(16-18-4-2-1-3-5-18)20-11-14-28(15-12-20)22-25-21(24)26-27-22/h1-9,20H,10-16H2,(H3,24,25,26,27). The lowest BCUT2D eigenvalue weighted by Crippen LogP contribution is -2.45. The molecule has 1 aliphatic heterocycles. The number of nitrogen functional groups attached to an aromatic ring is 1. The first-order chi connectivity index (χ1) is 14.2. The Labute approximate surface area is 180 Å². The maximum absolute atomic E-state index is 5.68. The normalized spacial score (nSPS) is 15.2. The molecule has 1 aliphatic rings. The number of rotatable bonds is 7. The Hall–Kier alpha value is -2.38. The van der Waals surface area contributed by atoms with Crippen LogP contribution in [0.5, 0.6) is 0 Å². The van der Waals surface area contributed by atoms with Gasteiger partial charge in [0, 0.05) is 36.7 Å². The molecule has 4 rings (SSSR count). The smallest absolute Gasteiger partial charge is 0.246 e. The van der Waals surface area contributed by atoms with Crippen molar-refractivity contribution in [2.45, 2.75) is 31.8 Å². The molecule has 1 fully saturated rings. The Balaban J connectivity index is 1.41. The second-order valence-corrected chi connectivity index (χ2v) is 8.49. The van der Waals surface area contributed by atoms with Gasteiger partial charge < -0.3 is 10.6 Å². The molecule has 0 radical (unpaired) electrons. The second kappa shape index (κ2) is 9.41. The highest BCUT2D eigenvalue weighted by Gasteiger charge is 2.26. The molecule has 6 nitrogen and oxygen atoms in total. The largest absolute Gasteiger partial charge is 0.368 e. The van der Waals surface area contributed by atoms with Gasteiger partial charge in [0.25, 0.3) is 0 Å². The first-order valence-corrected chi connectivity index (χ1v) is 10.9. The first-order valence-electron chi connectivity index (χ1n) is 10.1. The molecule has 0 aliphatic carbocycles. The minimum Gasteiger partial charge on any atom is -0.368 e. The number of aromatic nitrogens is 3. The summed E-state index contributed by atoms with van der Waals surface area (Å²) in [5.41, 5.74) is 8.43. The molecule has 3 N–H and O–H groups in total. The van der Waals surface area contributed by atoms with E-state index in [-0.39, 0.29) is 0 Å². The number of nitrogens with one attached hydrogen (secondary N) is 1. The fraction of sp³-hybridized carbons (Fsp3) is 0.364. The van der Waals surface area contributed by atoms with Crippen molar-refractivity contribution in [2.75, 3.05) is 30.3 Å². The molecular formula is C22H27BrN6. The molecule has 2 aromatic carbocycles. The minimum atomic E-state index is 0.377. The van der Waals surface area contributed by atoms with Gasteiger partial charge in [-0.05, 0) is 42.5 Å². The van der Waals surface area contributed by atoms with E-state index < -0.39 is 0 Å². The summed E-state index contributed by atoms with van der Waals surface area (Å²) in [6.07, 6.45) is 3.25. The fourth-order valence-corrected chi connectivity index (χ4v) is 4.23. The predicted octanol–water partition coefficient (Wildman–Crippen LogP) is 3.86. The summed E-state index contributed by atoms with van der Waals surface area (Å²) < 4.78 is 1.13. The summed E-state index contributed by atoms with van der Waals surface area (Å²) in [5.74, 6) is 1.09. The van der Waals surface area contributed by atoms with Crippen molar-refractivity contribution in [3.63, 3.8) is 0 Å². The molecule has 1 saturated heterocycles. The average Bonchev–Trinajstić information content (AvgIpc) is 3.19. The van der Waals surface area contributed by atoms with Crippen LogP contribution in [-0.4, -0.2) is 45.8 Å². The van der Waals surface area contributed by atoms with Gasteiger partial charge >= 0.3 is 0 Å². The lowest BCUT2D eigenvalue weighted by Gasteiger charge is -2.38. The van der Waals surface area contributed by atoms with Gasteiger partial charge in [0.1, 0.15) is 0 Å². The highest BCUT2D eigenvalue weighted by molar-refractivity contribution is 9.10. The Bertz CT molecular complexity index is 887. The van der Waals surface area contributed by atoms with Gasteiger partial charge in [0.2, 0.25) is 11.9 Å². The van der Waals surface area contributed by atoms with Crippen molar-refractivity contribution >= 4 is 27.8 Å². The van der Waals surface area contributed by atoms with Crippen molar-refractivity contribution in [2.24, 2.45) is 0 Å². The number of benzene rings is 2. The number of anilines is 2. The van der Waals surface area contributed by atoms with Crippen LogP contribution in [0.4, 0.5) is 11.9 Å². The molecule has 0 unspecified atom stereocenters. The quantitative estimate of drug-likeness (QED) is 0.566. The number of hydrogen-bond acceptors (Lipinski definition) is 5. The van der Waals surface area contributed by atoms with Gasteiger partial charge in [-0.15, -0.1) is 5.10 Å². The maximum atomic E-state index is 5.68. The van der Waals surface area contributed by atoms with Gasteiger partial charge in [-0.25, -0.2) is 5.10 Å². The van der Waals surface area contributed by atoms with Crippen LogP contribution in [0.25, 0.3) is 0 Å². The molecule has 0 spiro atoms. The monoisotopic (exact) mass is 454 g/mol. The summed E-state index contributed by atoms with van der Waals surface area (Å²) in [6.45, 7) is 3.93. The third-order valence-electron chi connectivity index (χ3n) is 5.58. The van der Waals surface area contributed by atoms with E-state index in [4.69, 9.17) is 5.73 Å². The van der Waals surface area contributed by atoms with Gasteiger partial charge in [0.05, 0.1) is 0 Å². The van der Waals surface area contributed by atoms with Gasteiger partial charge in [0.15, 0.2) is 0 Å². The van der Waals surface area contributed by atoms with E-state index in [0.29, 0.717) is 17.9 Å². The van der Waals surface area contributed by atoms with Crippen LogP contribution in [0.1, 0.15) is 24.0 Å². The Morgan fingerprint density at radius 1 is 1.03 bits per heavy atom. The van der Waals surface area contributed by atoms with Crippen LogP contribution in [0.2, 0.25) is 0 Å². The highest BCUT2D eigenvalue weighted by Crippen LogP contribution is 2.22. The van der Waals surface area contributed by atoms with Crippen molar-refractivity contribution in [3.8, 4) is 0 Å². The molecule has 0 bridgehead atoms. The van der Waals surface area contributed by atoms with E-state index in [1.165, 1.54) is 11.1 Å². The van der Waals surface area contributed by atoms with Crippen LogP contribution in [0, 0.1) is 0 Å². The molecule has 152 valence electrons. The van der Waals surface area contributed by atoms with Crippen molar-refractivity contribution < 1.29 is 0 Å². The number of piperidine rings is 1. The van der Waals surface area contributed by atoms with Crippen LogP contribution in [0.15, 0.2) is 59.1 Å².